The number of carboxylic acid groups (broad SMARTS) is 1. The third-order valence-corrected chi connectivity index (χ3v) is 3.64. The Hall–Kier alpha value is -2.62. The molecular formula is C18H19NO3. The monoisotopic (exact) mass is 297 g/mol. The highest BCUT2D eigenvalue weighted by Gasteiger charge is 2.15. The van der Waals surface area contributed by atoms with Crippen molar-refractivity contribution in [3.63, 3.8) is 0 Å². The zero-order chi connectivity index (χ0) is 16.4. The summed E-state index contributed by atoms with van der Waals surface area (Å²) in [6.07, 6.45) is 0. The first kappa shape index (κ1) is 15.8. The van der Waals surface area contributed by atoms with Crippen molar-refractivity contribution in [3.05, 3.63) is 63.7 Å². The Balaban J connectivity index is 2.38. The molecule has 0 bridgehead atoms. The number of aromatic carboxylic acids is 1. The fourth-order valence-electron chi connectivity index (χ4n) is 2.61. The molecule has 0 fully saturated rings. The fourth-order valence-corrected chi connectivity index (χ4v) is 2.61. The molecule has 0 unspecified atom stereocenters. The number of anilines is 1. The van der Waals surface area contributed by atoms with Crippen LogP contribution in [0.2, 0.25) is 0 Å². The Morgan fingerprint density at radius 2 is 1.50 bits per heavy atom. The molecule has 0 saturated heterocycles. The van der Waals surface area contributed by atoms with E-state index in [2.05, 4.69) is 5.32 Å². The van der Waals surface area contributed by atoms with Gasteiger partial charge < -0.3 is 10.4 Å². The van der Waals surface area contributed by atoms with E-state index in [1.807, 2.05) is 39.8 Å². The number of benzene rings is 2. The number of aryl methyl sites for hydroxylation is 4. The molecule has 2 aromatic carbocycles. The van der Waals surface area contributed by atoms with Crippen molar-refractivity contribution >= 4 is 17.6 Å². The van der Waals surface area contributed by atoms with Crippen molar-refractivity contribution in [2.75, 3.05) is 5.32 Å². The van der Waals surface area contributed by atoms with Gasteiger partial charge in [-0.2, -0.15) is 0 Å². The van der Waals surface area contributed by atoms with E-state index in [0.29, 0.717) is 11.3 Å². The normalized spacial score (nSPS) is 10.4. The van der Waals surface area contributed by atoms with Crippen LogP contribution in [0.1, 0.15) is 43.0 Å². The minimum absolute atomic E-state index is 0.151. The predicted molar refractivity (Wildman–Crippen MR) is 86.7 cm³/mol. The third kappa shape index (κ3) is 3.17. The molecule has 4 heteroatoms. The van der Waals surface area contributed by atoms with E-state index in [-0.39, 0.29) is 11.5 Å². The molecule has 0 aliphatic heterocycles. The van der Waals surface area contributed by atoms with Crippen molar-refractivity contribution in [3.8, 4) is 0 Å². The van der Waals surface area contributed by atoms with Gasteiger partial charge in [-0.15, -0.1) is 0 Å². The van der Waals surface area contributed by atoms with Crippen molar-refractivity contribution in [2.45, 2.75) is 27.7 Å². The topological polar surface area (TPSA) is 66.4 Å². The lowest BCUT2D eigenvalue weighted by atomic mass is 9.99. The standard InChI is InChI=1S/C18H19NO3/c1-10-7-12(3)16(13(4)8-10)17(20)19-15-9-14(18(21)22)6-5-11(15)2/h5-9H,1-4H3,(H,19,20)(H,21,22). The van der Waals surface area contributed by atoms with Gasteiger partial charge in [0.1, 0.15) is 0 Å². The summed E-state index contributed by atoms with van der Waals surface area (Å²) in [6.45, 7) is 7.61. The molecule has 0 aliphatic carbocycles. The molecule has 22 heavy (non-hydrogen) atoms. The average Bonchev–Trinajstić information content (AvgIpc) is 2.39. The van der Waals surface area contributed by atoms with E-state index in [0.717, 1.165) is 22.3 Å². The second kappa shape index (κ2) is 6.02. The van der Waals surface area contributed by atoms with Crippen molar-refractivity contribution in [2.24, 2.45) is 0 Å². The van der Waals surface area contributed by atoms with Gasteiger partial charge in [0.25, 0.3) is 5.91 Å². The quantitative estimate of drug-likeness (QED) is 0.903. The molecule has 0 spiro atoms. The van der Waals surface area contributed by atoms with Gasteiger partial charge in [-0.05, 0) is 56.5 Å². The maximum atomic E-state index is 12.5. The molecule has 0 aliphatic rings. The number of carboxylic acids is 1. The van der Waals surface area contributed by atoms with E-state index < -0.39 is 5.97 Å². The minimum Gasteiger partial charge on any atom is -0.478 e. The van der Waals surface area contributed by atoms with E-state index in [9.17, 15) is 9.59 Å². The maximum absolute atomic E-state index is 12.5. The summed E-state index contributed by atoms with van der Waals surface area (Å²) in [7, 11) is 0. The molecule has 2 aromatic rings. The third-order valence-electron chi connectivity index (χ3n) is 3.64. The lowest BCUT2D eigenvalue weighted by molar-refractivity contribution is 0.0696. The van der Waals surface area contributed by atoms with Crippen LogP contribution in [0, 0.1) is 27.7 Å². The first-order chi connectivity index (χ1) is 10.3. The first-order valence-corrected chi connectivity index (χ1v) is 7.02. The minimum atomic E-state index is -1.02. The van der Waals surface area contributed by atoms with Crippen LogP contribution >= 0.6 is 0 Å². The lowest BCUT2D eigenvalue weighted by Gasteiger charge is -2.13. The SMILES string of the molecule is Cc1cc(C)c(C(=O)Nc2cc(C(=O)O)ccc2C)c(C)c1. The number of hydrogen-bond donors (Lipinski definition) is 2. The number of nitrogens with one attached hydrogen (secondary N) is 1. The van der Waals surface area contributed by atoms with Crippen molar-refractivity contribution < 1.29 is 14.7 Å². The smallest absolute Gasteiger partial charge is 0.335 e. The maximum Gasteiger partial charge on any atom is 0.335 e. The lowest BCUT2D eigenvalue weighted by Crippen LogP contribution is -2.16. The molecule has 114 valence electrons. The molecule has 0 aromatic heterocycles. The Kier molecular flexibility index (Phi) is 4.31. The van der Waals surface area contributed by atoms with Gasteiger partial charge in [0.05, 0.1) is 5.56 Å². The largest absolute Gasteiger partial charge is 0.478 e. The molecule has 0 heterocycles. The Morgan fingerprint density at radius 3 is 2.05 bits per heavy atom. The van der Waals surface area contributed by atoms with Gasteiger partial charge in [-0.25, -0.2) is 4.79 Å². The number of rotatable bonds is 3. The van der Waals surface area contributed by atoms with Crippen molar-refractivity contribution in [1.82, 2.24) is 0 Å². The molecule has 2 rings (SSSR count). The van der Waals surface area contributed by atoms with Gasteiger partial charge in [0.2, 0.25) is 0 Å². The summed E-state index contributed by atoms with van der Waals surface area (Å²) in [5.41, 5.74) is 5.04. The zero-order valence-electron chi connectivity index (χ0n) is 13.2. The Bertz CT molecular complexity index is 740. The fraction of sp³-hybridized carbons (Fsp3) is 0.222. The molecule has 0 saturated carbocycles. The Labute approximate surface area is 129 Å². The summed E-state index contributed by atoms with van der Waals surface area (Å²) in [5.74, 6) is -1.24. The molecule has 1 amide bonds. The van der Waals surface area contributed by atoms with E-state index in [4.69, 9.17) is 5.11 Å². The summed E-state index contributed by atoms with van der Waals surface area (Å²) in [5, 5.41) is 11.9. The average molecular weight is 297 g/mol. The summed E-state index contributed by atoms with van der Waals surface area (Å²) < 4.78 is 0. The Morgan fingerprint density at radius 1 is 0.909 bits per heavy atom. The van der Waals surface area contributed by atoms with Crippen LogP contribution in [-0.4, -0.2) is 17.0 Å². The van der Waals surface area contributed by atoms with Gasteiger partial charge in [-0.1, -0.05) is 23.8 Å². The number of hydrogen-bond acceptors (Lipinski definition) is 2. The van der Waals surface area contributed by atoms with E-state index in [1.54, 1.807) is 6.07 Å². The van der Waals surface area contributed by atoms with E-state index in [1.165, 1.54) is 12.1 Å². The summed E-state index contributed by atoms with van der Waals surface area (Å²) in [4.78, 5) is 23.6. The molecule has 2 N–H and O–H groups in total. The highest BCUT2D eigenvalue weighted by molar-refractivity contribution is 6.07. The van der Waals surface area contributed by atoms with Crippen LogP contribution in [0.5, 0.6) is 0 Å². The van der Waals surface area contributed by atoms with Crippen LogP contribution in [0.4, 0.5) is 5.69 Å². The number of carbonyl (C=O) groups is 2. The van der Waals surface area contributed by atoms with Gasteiger partial charge in [0, 0.05) is 11.3 Å². The van der Waals surface area contributed by atoms with Crippen LogP contribution < -0.4 is 5.32 Å². The second-order valence-electron chi connectivity index (χ2n) is 5.56. The number of amides is 1. The predicted octanol–water partition coefficient (Wildman–Crippen LogP) is 3.87. The molecular weight excluding hydrogens is 278 g/mol. The van der Waals surface area contributed by atoms with Crippen LogP contribution in [0.25, 0.3) is 0 Å². The van der Waals surface area contributed by atoms with Crippen molar-refractivity contribution in [1.29, 1.82) is 0 Å². The highest BCUT2D eigenvalue weighted by Crippen LogP contribution is 2.21. The number of carbonyl (C=O) groups excluding carboxylic acids is 1. The highest BCUT2D eigenvalue weighted by atomic mass is 16.4. The van der Waals surface area contributed by atoms with Gasteiger partial charge in [0.15, 0.2) is 0 Å². The van der Waals surface area contributed by atoms with Crippen LogP contribution in [-0.2, 0) is 0 Å². The van der Waals surface area contributed by atoms with Crippen LogP contribution in [0.15, 0.2) is 30.3 Å². The van der Waals surface area contributed by atoms with Gasteiger partial charge >= 0.3 is 5.97 Å². The zero-order valence-corrected chi connectivity index (χ0v) is 13.2. The first-order valence-electron chi connectivity index (χ1n) is 7.02. The molecule has 4 nitrogen and oxygen atoms in total. The van der Waals surface area contributed by atoms with Crippen LogP contribution in [0.3, 0.4) is 0 Å². The summed E-state index contributed by atoms with van der Waals surface area (Å²) in [6, 6.07) is 8.61. The molecule has 0 radical (unpaired) electrons. The summed E-state index contributed by atoms with van der Waals surface area (Å²) >= 11 is 0. The second-order valence-corrected chi connectivity index (χ2v) is 5.56. The molecule has 0 atom stereocenters. The van der Waals surface area contributed by atoms with E-state index >= 15 is 0 Å². The van der Waals surface area contributed by atoms with Gasteiger partial charge in [-0.3, -0.25) is 4.79 Å².